The normalized spacial score (nSPS) is 24.7. The van der Waals surface area contributed by atoms with Crippen LogP contribution in [0.15, 0.2) is 18.2 Å². The fraction of sp³-hybridized carbons (Fsp3) is 0.417. The molecule has 1 aliphatic rings. The van der Waals surface area contributed by atoms with E-state index in [9.17, 15) is 4.79 Å². The fourth-order valence-electron chi connectivity index (χ4n) is 2.10. The molecule has 3 heteroatoms. The summed E-state index contributed by atoms with van der Waals surface area (Å²) >= 11 is 5.89. The molecule has 80 valence electrons. The van der Waals surface area contributed by atoms with Crippen molar-refractivity contribution in [2.75, 3.05) is 0 Å². The van der Waals surface area contributed by atoms with Crippen LogP contribution in [-0.4, -0.2) is 11.1 Å². The molecular weight excluding hydrogens is 212 g/mol. The SMILES string of the molecule is CC1(C(=O)O)CCc2cc(Cl)ccc2C1. The van der Waals surface area contributed by atoms with Crippen molar-refractivity contribution < 1.29 is 9.90 Å². The summed E-state index contributed by atoms with van der Waals surface area (Å²) in [4.78, 5) is 11.1. The zero-order valence-electron chi connectivity index (χ0n) is 8.59. The molecule has 0 bridgehead atoms. The Morgan fingerprint density at radius 3 is 2.87 bits per heavy atom. The number of hydrogen-bond donors (Lipinski definition) is 1. The van der Waals surface area contributed by atoms with Crippen LogP contribution in [0.3, 0.4) is 0 Å². The van der Waals surface area contributed by atoms with Crippen LogP contribution in [0.4, 0.5) is 0 Å². The third-order valence-corrected chi connectivity index (χ3v) is 3.45. The minimum atomic E-state index is -0.705. The standard InChI is InChI=1S/C12H13ClO2/c1-12(11(14)15)5-4-8-6-10(13)3-2-9(8)7-12/h2-3,6H,4-5,7H2,1H3,(H,14,15). The van der Waals surface area contributed by atoms with Gasteiger partial charge in [0, 0.05) is 5.02 Å². The molecule has 1 N–H and O–H groups in total. The zero-order valence-corrected chi connectivity index (χ0v) is 9.34. The second kappa shape index (κ2) is 3.53. The molecule has 0 aliphatic heterocycles. The van der Waals surface area contributed by atoms with E-state index in [1.807, 2.05) is 25.1 Å². The molecule has 1 unspecified atom stereocenters. The minimum Gasteiger partial charge on any atom is -0.481 e. The van der Waals surface area contributed by atoms with Crippen molar-refractivity contribution in [1.82, 2.24) is 0 Å². The van der Waals surface area contributed by atoms with Crippen LogP contribution in [0.5, 0.6) is 0 Å². The van der Waals surface area contributed by atoms with Crippen LogP contribution in [-0.2, 0) is 17.6 Å². The van der Waals surface area contributed by atoms with Crippen molar-refractivity contribution in [2.45, 2.75) is 26.2 Å². The maximum absolute atomic E-state index is 11.1. The molecule has 1 aromatic carbocycles. The highest BCUT2D eigenvalue weighted by atomic mass is 35.5. The van der Waals surface area contributed by atoms with Gasteiger partial charge in [-0.3, -0.25) is 4.79 Å². The van der Waals surface area contributed by atoms with Gasteiger partial charge in [-0.25, -0.2) is 0 Å². The maximum Gasteiger partial charge on any atom is 0.309 e. The Morgan fingerprint density at radius 1 is 1.47 bits per heavy atom. The summed E-state index contributed by atoms with van der Waals surface area (Å²) in [5.74, 6) is -0.705. The average Bonchev–Trinajstić information content (AvgIpc) is 2.18. The van der Waals surface area contributed by atoms with Gasteiger partial charge in [0.25, 0.3) is 0 Å². The van der Waals surface area contributed by atoms with Crippen LogP contribution >= 0.6 is 11.6 Å². The van der Waals surface area contributed by atoms with E-state index < -0.39 is 11.4 Å². The first-order valence-electron chi connectivity index (χ1n) is 5.02. The van der Waals surface area contributed by atoms with Crippen molar-refractivity contribution >= 4 is 17.6 Å². The first-order valence-corrected chi connectivity index (χ1v) is 5.40. The summed E-state index contributed by atoms with van der Waals surface area (Å²) in [7, 11) is 0. The van der Waals surface area contributed by atoms with Gasteiger partial charge in [0.15, 0.2) is 0 Å². The average molecular weight is 225 g/mol. The van der Waals surface area contributed by atoms with E-state index in [0.717, 1.165) is 17.0 Å². The van der Waals surface area contributed by atoms with Gasteiger partial charge in [0.1, 0.15) is 0 Å². The lowest BCUT2D eigenvalue weighted by Crippen LogP contribution is -2.33. The van der Waals surface area contributed by atoms with Gasteiger partial charge >= 0.3 is 5.97 Å². The molecule has 1 atom stereocenters. The molecule has 0 saturated carbocycles. The van der Waals surface area contributed by atoms with Crippen LogP contribution in [0, 0.1) is 5.41 Å². The van der Waals surface area contributed by atoms with E-state index in [-0.39, 0.29) is 0 Å². The molecule has 1 aromatic rings. The van der Waals surface area contributed by atoms with Crippen molar-refractivity contribution in [1.29, 1.82) is 0 Å². The molecule has 15 heavy (non-hydrogen) atoms. The van der Waals surface area contributed by atoms with E-state index >= 15 is 0 Å². The van der Waals surface area contributed by atoms with Gasteiger partial charge < -0.3 is 5.11 Å². The summed E-state index contributed by atoms with van der Waals surface area (Å²) in [6.07, 6.45) is 2.10. The highest BCUT2D eigenvalue weighted by molar-refractivity contribution is 6.30. The van der Waals surface area contributed by atoms with Crippen molar-refractivity contribution in [2.24, 2.45) is 5.41 Å². The van der Waals surface area contributed by atoms with Gasteiger partial charge in [-0.15, -0.1) is 0 Å². The predicted molar refractivity (Wildman–Crippen MR) is 59.2 cm³/mol. The number of aryl methyl sites for hydroxylation is 1. The maximum atomic E-state index is 11.1. The van der Waals surface area contributed by atoms with Crippen molar-refractivity contribution in [3.63, 3.8) is 0 Å². The first-order chi connectivity index (χ1) is 7.01. The van der Waals surface area contributed by atoms with E-state index in [1.165, 1.54) is 5.56 Å². The summed E-state index contributed by atoms with van der Waals surface area (Å²) in [5.41, 5.74) is 1.71. The van der Waals surface area contributed by atoms with E-state index in [2.05, 4.69) is 0 Å². The Bertz CT molecular complexity index is 414. The van der Waals surface area contributed by atoms with Crippen LogP contribution < -0.4 is 0 Å². The van der Waals surface area contributed by atoms with Crippen LogP contribution in [0.1, 0.15) is 24.5 Å². The van der Waals surface area contributed by atoms with Crippen LogP contribution in [0.25, 0.3) is 0 Å². The number of carboxylic acid groups (broad SMARTS) is 1. The summed E-state index contributed by atoms with van der Waals surface area (Å²) in [6, 6.07) is 5.71. The molecule has 2 nitrogen and oxygen atoms in total. The molecular formula is C12H13ClO2. The molecule has 0 spiro atoms. The van der Waals surface area contributed by atoms with E-state index in [1.54, 1.807) is 0 Å². The highest BCUT2D eigenvalue weighted by Crippen LogP contribution is 2.36. The Morgan fingerprint density at radius 2 is 2.20 bits per heavy atom. The Kier molecular flexibility index (Phi) is 2.47. The van der Waals surface area contributed by atoms with Gasteiger partial charge in [-0.1, -0.05) is 17.7 Å². The van der Waals surface area contributed by atoms with Gasteiger partial charge in [-0.05, 0) is 49.4 Å². The number of fused-ring (bicyclic) bond motifs is 1. The third-order valence-electron chi connectivity index (χ3n) is 3.21. The highest BCUT2D eigenvalue weighted by Gasteiger charge is 2.36. The fourth-order valence-corrected chi connectivity index (χ4v) is 2.30. The van der Waals surface area contributed by atoms with Gasteiger partial charge in [0.2, 0.25) is 0 Å². The Hall–Kier alpha value is -1.02. The Balaban J connectivity index is 2.35. The number of rotatable bonds is 1. The largest absolute Gasteiger partial charge is 0.481 e. The van der Waals surface area contributed by atoms with E-state index in [4.69, 9.17) is 16.7 Å². The molecule has 1 aliphatic carbocycles. The molecule has 0 aromatic heterocycles. The predicted octanol–water partition coefficient (Wildman–Crippen LogP) is 2.92. The molecule has 0 heterocycles. The Labute approximate surface area is 93.9 Å². The number of halogens is 1. The number of benzene rings is 1. The topological polar surface area (TPSA) is 37.3 Å². The first kappa shape index (κ1) is 10.5. The van der Waals surface area contributed by atoms with Gasteiger partial charge in [-0.2, -0.15) is 0 Å². The lowest BCUT2D eigenvalue weighted by molar-refractivity contribution is -0.148. The lowest BCUT2D eigenvalue weighted by atomic mass is 9.73. The molecule has 0 saturated heterocycles. The molecule has 2 rings (SSSR count). The zero-order chi connectivity index (χ0) is 11.1. The number of aliphatic carboxylic acids is 1. The van der Waals surface area contributed by atoms with Crippen molar-refractivity contribution in [3.8, 4) is 0 Å². The summed E-state index contributed by atoms with van der Waals surface area (Å²) in [5, 5.41) is 9.88. The second-order valence-electron chi connectivity index (χ2n) is 4.46. The number of carbonyl (C=O) groups is 1. The number of hydrogen-bond acceptors (Lipinski definition) is 1. The van der Waals surface area contributed by atoms with Crippen LogP contribution in [0.2, 0.25) is 5.02 Å². The monoisotopic (exact) mass is 224 g/mol. The molecule has 0 fully saturated rings. The van der Waals surface area contributed by atoms with Crippen molar-refractivity contribution in [3.05, 3.63) is 34.3 Å². The second-order valence-corrected chi connectivity index (χ2v) is 4.89. The number of carboxylic acids is 1. The minimum absolute atomic E-state index is 0.606. The lowest BCUT2D eigenvalue weighted by Gasteiger charge is -2.30. The smallest absolute Gasteiger partial charge is 0.309 e. The molecule has 0 amide bonds. The van der Waals surface area contributed by atoms with E-state index in [0.29, 0.717) is 12.8 Å². The molecule has 0 radical (unpaired) electrons. The van der Waals surface area contributed by atoms with Gasteiger partial charge in [0.05, 0.1) is 5.41 Å². The third kappa shape index (κ3) is 1.86. The quantitative estimate of drug-likeness (QED) is 0.797. The summed E-state index contributed by atoms with van der Waals surface area (Å²) in [6.45, 7) is 1.81. The summed E-state index contributed by atoms with van der Waals surface area (Å²) < 4.78 is 0.